The highest BCUT2D eigenvalue weighted by atomic mass is 16.5. The molecule has 0 aliphatic rings. The van der Waals surface area contributed by atoms with Crippen LogP contribution in [0.5, 0.6) is 0 Å². The topological polar surface area (TPSA) is 41.5 Å². The molecule has 0 rings (SSSR count). The molecular formula is C9H21NO2. The van der Waals surface area contributed by atoms with E-state index in [-0.39, 0.29) is 12.0 Å². The van der Waals surface area contributed by atoms with Gasteiger partial charge in [-0.1, -0.05) is 13.8 Å². The Bertz CT molecular complexity index is 105. The molecule has 74 valence electrons. The van der Waals surface area contributed by atoms with Gasteiger partial charge in [0.05, 0.1) is 0 Å². The highest BCUT2D eigenvalue weighted by molar-refractivity contribution is 4.69. The van der Waals surface area contributed by atoms with Crippen LogP contribution in [-0.4, -0.2) is 38.5 Å². The monoisotopic (exact) mass is 175 g/mol. The van der Waals surface area contributed by atoms with E-state index in [1.807, 2.05) is 13.8 Å². The highest BCUT2D eigenvalue weighted by Gasteiger charge is 2.14. The summed E-state index contributed by atoms with van der Waals surface area (Å²) in [6.45, 7) is 6.91. The molecule has 3 heteroatoms. The van der Waals surface area contributed by atoms with E-state index in [9.17, 15) is 0 Å². The molecule has 0 spiro atoms. The third-order valence-electron chi connectivity index (χ3n) is 1.73. The van der Waals surface area contributed by atoms with Crippen molar-refractivity contribution >= 4 is 0 Å². The number of ether oxygens (including phenoxy) is 1. The molecule has 2 N–H and O–H groups in total. The lowest BCUT2D eigenvalue weighted by Gasteiger charge is -2.21. The van der Waals surface area contributed by atoms with Gasteiger partial charge in [0.25, 0.3) is 0 Å². The summed E-state index contributed by atoms with van der Waals surface area (Å²) >= 11 is 0. The molecule has 0 heterocycles. The number of aliphatic hydroxyl groups is 1. The van der Waals surface area contributed by atoms with E-state index in [0.717, 1.165) is 26.1 Å². The zero-order valence-electron chi connectivity index (χ0n) is 8.39. The second kappa shape index (κ2) is 6.40. The van der Waals surface area contributed by atoms with Crippen molar-refractivity contribution in [1.29, 1.82) is 0 Å². The van der Waals surface area contributed by atoms with Crippen LogP contribution in [0.25, 0.3) is 0 Å². The zero-order valence-corrected chi connectivity index (χ0v) is 8.39. The molecule has 0 aromatic rings. The van der Waals surface area contributed by atoms with Crippen LogP contribution >= 0.6 is 0 Å². The van der Waals surface area contributed by atoms with Crippen molar-refractivity contribution in [3.63, 3.8) is 0 Å². The molecule has 0 aromatic heterocycles. The highest BCUT2D eigenvalue weighted by Crippen LogP contribution is 2.10. The quantitative estimate of drug-likeness (QED) is 0.558. The van der Waals surface area contributed by atoms with Crippen molar-refractivity contribution in [3.8, 4) is 0 Å². The fourth-order valence-electron chi connectivity index (χ4n) is 0.824. The van der Waals surface area contributed by atoms with Crippen LogP contribution in [0.2, 0.25) is 0 Å². The predicted octanol–water partition coefficient (Wildman–Crippen LogP) is 0.631. The van der Waals surface area contributed by atoms with Crippen LogP contribution in [0.15, 0.2) is 0 Å². The average Bonchev–Trinajstić information content (AvgIpc) is 2.04. The van der Waals surface area contributed by atoms with E-state index in [1.165, 1.54) is 0 Å². The van der Waals surface area contributed by atoms with Crippen molar-refractivity contribution in [3.05, 3.63) is 0 Å². The Morgan fingerprint density at radius 2 is 2.08 bits per heavy atom. The van der Waals surface area contributed by atoms with Crippen molar-refractivity contribution in [2.24, 2.45) is 5.41 Å². The number of nitrogens with one attached hydrogen (secondary N) is 1. The fourth-order valence-corrected chi connectivity index (χ4v) is 0.824. The third-order valence-corrected chi connectivity index (χ3v) is 1.73. The Balaban J connectivity index is 3.19. The maximum absolute atomic E-state index is 8.93. The van der Waals surface area contributed by atoms with Gasteiger partial charge in [0.2, 0.25) is 0 Å². The Kier molecular flexibility index (Phi) is 6.34. The van der Waals surface area contributed by atoms with Gasteiger partial charge in [0, 0.05) is 32.3 Å². The standard InChI is InChI=1S/C9H21NO2/c1-9(2,8-11)7-10-5-4-6-12-3/h10-11H,4-8H2,1-3H3. The SMILES string of the molecule is COCCCNCC(C)(C)CO. The van der Waals surface area contributed by atoms with Crippen LogP contribution in [-0.2, 0) is 4.74 Å². The first-order valence-corrected chi connectivity index (χ1v) is 4.43. The van der Waals surface area contributed by atoms with Crippen LogP contribution in [0, 0.1) is 5.41 Å². The number of hydrogen-bond donors (Lipinski definition) is 2. The molecule has 3 nitrogen and oxygen atoms in total. The summed E-state index contributed by atoms with van der Waals surface area (Å²) < 4.78 is 4.91. The van der Waals surface area contributed by atoms with E-state index in [0.29, 0.717) is 0 Å². The molecule has 0 amide bonds. The van der Waals surface area contributed by atoms with Gasteiger partial charge < -0.3 is 15.2 Å². The van der Waals surface area contributed by atoms with Crippen LogP contribution in [0.1, 0.15) is 20.3 Å². The maximum Gasteiger partial charge on any atom is 0.0494 e. The summed E-state index contributed by atoms with van der Waals surface area (Å²) in [6.07, 6.45) is 1.03. The van der Waals surface area contributed by atoms with Gasteiger partial charge in [-0.2, -0.15) is 0 Å². The smallest absolute Gasteiger partial charge is 0.0494 e. The third kappa shape index (κ3) is 6.58. The number of rotatable bonds is 7. The molecular weight excluding hydrogens is 154 g/mol. The first-order valence-electron chi connectivity index (χ1n) is 4.43. The van der Waals surface area contributed by atoms with Gasteiger partial charge >= 0.3 is 0 Å². The zero-order chi connectivity index (χ0) is 9.45. The second-order valence-electron chi connectivity index (χ2n) is 3.85. The average molecular weight is 175 g/mol. The van der Waals surface area contributed by atoms with Gasteiger partial charge in [-0.3, -0.25) is 0 Å². The lowest BCUT2D eigenvalue weighted by molar-refractivity contribution is 0.154. The van der Waals surface area contributed by atoms with Crippen LogP contribution in [0.3, 0.4) is 0 Å². The van der Waals surface area contributed by atoms with Gasteiger partial charge in [-0.15, -0.1) is 0 Å². The molecule has 0 radical (unpaired) electrons. The Morgan fingerprint density at radius 1 is 1.42 bits per heavy atom. The molecule has 0 atom stereocenters. The van der Waals surface area contributed by atoms with Crippen molar-refractivity contribution in [1.82, 2.24) is 5.32 Å². The first-order chi connectivity index (χ1) is 5.62. The Hall–Kier alpha value is -0.120. The summed E-state index contributed by atoms with van der Waals surface area (Å²) in [4.78, 5) is 0. The largest absolute Gasteiger partial charge is 0.396 e. The molecule has 0 aliphatic carbocycles. The second-order valence-corrected chi connectivity index (χ2v) is 3.85. The number of methoxy groups -OCH3 is 1. The summed E-state index contributed by atoms with van der Waals surface area (Å²) in [5.41, 5.74) is -0.00687. The molecule has 12 heavy (non-hydrogen) atoms. The minimum atomic E-state index is -0.00687. The van der Waals surface area contributed by atoms with Gasteiger partial charge in [0.1, 0.15) is 0 Å². The minimum Gasteiger partial charge on any atom is -0.396 e. The first kappa shape index (κ1) is 11.9. The molecule has 0 unspecified atom stereocenters. The van der Waals surface area contributed by atoms with Gasteiger partial charge in [-0.25, -0.2) is 0 Å². The van der Waals surface area contributed by atoms with Crippen molar-refractivity contribution in [2.75, 3.05) is 33.4 Å². The molecule has 0 aromatic carbocycles. The fraction of sp³-hybridized carbons (Fsp3) is 1.00. The van der Waals surface area contributed by atoms with Crippen LogP contribution < -0.4 is 5.32 Å². The molecule has 0 fully saturated rings. The van der Waals surface area contributed by atoms with E-state index in [4.69, 9.17) is 9.84 Å². The molecule has 0 aliphatic heterocycles. The number of aliphatic hydroxyl groups excluding tert-OH is 1. The normalized spacial score (nSPS) is 12.0. The molecule has 0 saturated carbocycles. The Morgan fingerprint density at radius 3 is 2.58 bits per heavy atom. The predicted molar refractivity (Wildman–Crippen MR) is 50.2 cm³/mol. The minimum absolute atomic E-state index is 0.00687. The summed E-state index contributed by atoms with van der Waals surface area (Å²) in [5.74, 6) is 0. The summed E-state index contributed by atoms with van der Waals surface area (Å²) in [5, 5.41) is 12.2. The number of hydrogen-bond acceptors (Lipinski definition) is 3. The van der Waals surface area contributed by atoms with Crippen LogP contribution in [0.4, 0.5) is 0 Å². The van der Waals surface area contributed by atoms with Gasteiger partial charge in [0.15, 0.2) is 0 Å². The summed E-state index contributed by atoms with van der Waals surface area (Å²) in [6, 6.07) is 0. The lowest BCUT2D eigenvalue weighted by Crippen LogP contribution is -2.33. The lowest BCUT2D eigenvalue weighted by atomic mass is 9.95. The van der Waals surface area contributed by atoms with E-state index in [2.05, 4.69) is 5.32 Å². The van der Waals surface area contributed by atoms with E-state index in [1.54, 1.807) is 7.11 Å². The molecule has 0 saturated heterocycles. The Labute approximate surface area is 75.1 Å². The molecule has 0 bridgehead atoms. The van der Waals surface area contributed by atoms with E-state index < -0.39 is 0 Å². The van der Waals surface area contributed by atoms with Gasteiger partial charge in [-0.05, 0) is 13.0 Å². The maximum atomic E-state index is 8.93. The van der Waals surface area contributed by atoms with Crippen molar-refractivity contribution < 1.29 is 9.84 Å². The summed E-state index contributed by atoms with van der Waals surface area (Å²) in [7, 11) is 1.71. The van der Waals surface area contributed by atoms with Crippen molar-refractivity contribution in [2.45, 2.75) is 20.3 Å². The van der Waals surface area contributed by atoms with E-state index >= 15 is 0 Å².